The van der Waals surface area contributed by atoms with Crippen molar-refractivity contribution in [3.05, 3.63) is 59.9 Å². The van der Waals surface area contributed by atoms with Crippen molar-refractivity contribution in [3.63, 3.8) is 0 Å². The molecule has 5 nitrogen and oxygen atoms in total. The molecule has 0 aliphatic rings. The second kappa shape index (κ2) is 7.17. The summed E-state index contributed by atoms with van der Waals surface area (Å²) >= 11 is 0. The molecule has 5 heteroatoms. The van der Waals surface area contributed by atoms with Crippen molar-refractivity contribution >= 4 is 17.0 Å². The number of fused-ring (bicyclic) bond motifs is 1. The van der Waals surface area contributed by atoms with Gasteiger partial charge in [-0.15, -0.1) is 0 Å². The Morgan fingerprint density at radius 1 is 1.17 bits per heavy atom. The van der Waals surface area contributed by atoms with Gasteiger partial charge < -0.3 is 14.4 Å². The summed E-state index contributed by atoms with van der Waals surface area (Å²) < 4.78 is 7.88. The van der Waals surface area contributed by atoms with Gasteiger partial charge in [-0.3, -0.25) is 0 Å². The van der Waals surface area contributed by atoms with Crippen LogP contribution in [0.5, 0.6) is 5.75 Å². The molecule has 0 saturated heterocycles. The monoisotopic (exact) mass is 324 g/mol. The lowest BCUT2D eigenvalue weighted by atomic mass is 10.2. The van der Waals surface area contributed by atoms with Gasteiger partial charge in [-0.2, -0.15) is 0 Å². The lowest BCUT2D eigenvalue weighted by molar-refractivity contribution is 0.0692. The summed E-state index contributed by atoms with van der Waals surface area (Å²) in [7, 11) is 0. The molecule has 0 aliphatic heterocycles. The van der Waals surface area contributed by atoms with E-state index in [9.17, 15) is 9.90 Å². The first kappa shape index (κ1) is 16.1. The van der Waals surface area contributed by atoms with Crippen molar-refractivity contribution in [2.24, 2.45) is 0 Å². The number of rotatable bonds is 7. The Kier molecular flexibility index (Phi) is 4.79. The van der Waals surface area contributed by atoms with Crippen LogP contribution in [-0.4, -0.2) is 27.2 Å². The fourth-order valence-corrected chi connectivity index (χ4v) is 2.81. The summed E-state index contributed by atoms with van der Waals surface area (Å²) in [4.78, 5) is 15.9. The van der Waals surface area contributed by atoms with Gasteiger partial charge in [0.1, 0.15) is 23.7 Å². The van der Waals surface area contributed by atoms with Gasteiger partial charge >= 0.3 is 5.97 Å². The standard InChI is InChI=1S/C19H20N2O3/c1-2-7-18-20-15-9-4-5-10-16(15)21(18)12-13-24-17-11-6-3-8-14(17)19(22)23/h3-6,8-11H,2,7,12-13H2,1H3,(H,22,23). The number of imidazole rings is 1. The summed E-state index contributed by atoms with van der Waals surface area (Å²) in [6, 6.07) is 14.7. The lowest BCUT2D eigenvalue weighted by Crippen LogP contribution is -2.12. The van der Waals surface area contributed by atoms with Crippen LogP contribution in [0.25, 0.3) is 11.0 Å². The molecule has 1 N–H and O–H groups in total. The van der Waals surface area contributed by atoms with Gasteiger partial charge in [0.25, 0.3) is 0 Å². The molecular formula is C19H20N2O3. The largest absolute Gasteiger partial charge is 0.491 e. The number of aromatic carboxylic acids is 1. The van der Waals surface area contributed by atoms with Gasteiger partial charge in [-0.05, 0) is 30.7 Å². The first-order valence-electron chi connectivity index (χ1n) is 8.10. The maximum Gasteiger partial charge on any atom is 0.339 e. The van der Waals surface area contributed by atoms with Crippen LogP contribution >= 0.6 is 0 Å². The SMILES string of the molecule is CCCc1nc2ccccc2n1CCOc1ccccc1C(=O)O. The van der Waals surface area contributed by atoms with E-state index in [1.165, 1.54) is 0 Å². The summed E-state index contributed by atoms with van der Waals surface area (Å²) in [5, 5.41) is 9.21. The molecular weight excluding hydrogens is 304 g/mol. The fraction of sp³-hybridized carbons (Fsp3) is 0.263. The van der Waals surface area contributed by atoms with Crippen molar-refractivity contribution in [1.29, 1.82) is 0 Å². The topological polar surface area (TPSA) is 64.4 Å². The average molecular weight is 324 g/mol. The highest BCUT2D eigenvalue weighted by Crippen LogP contribution is 2.20. The van der Waals surface area contributed by atoms with E-state index in [0.29, 0.717) is 18.9 Å². The summed E-state index contributed by atoms with van der Waals surface area (Å²) in [5.74, 6) is 0.450. The first-order chi connectivity index (χ1) is 11.7. The summed E-state index contributed by atoms with van der Waals surface area (Å²) in [6.07, 6.45) is 1.92. The Morgan fingerprint density at radius 2 is 1.92 bits per heavy atom. The van der Waals surface area contributed by atoms with Crippen LogP contribution in [0.15, 0.2) is 48.5 Å². The number of benzene rings is 2. The van der Waals surface area contributed by atoms with E-state index in [1.54, 1.807) is 24.3 Å². The number of nitrogens with zero attached hydrogens (tertiary/aromatic N) is 2. The number of aryl methyl sites for hydroxylation is 1. The van der Waals surface area contributed by atoms with E-state index in [4.69, 9.17) is 4.74 Å². The van der Waals surface area contributed by atoms with Gasteiger partial charge in [0.05, 0.1) is 17.6 Å². The zero-order valence-corrected chi connectivity index (χ0v) is 13.6. The third kappa shape index (κ3) is 3.25. The van der Waals surface area contributed by atoms with Crippen molar-refractivity contribution in [2.45, 2.75) is 26.3 Å². The Labute approximate surface area is 140 Å². The maximum absolute atomic E-state index is 11.2. The highest BCUT2D eigenvalue weighted by atomic mass is 16.5. The molecule has 0 fully saturated rings. The summed E-state index contributed by atoms with van der Waals surface area (Å²) in [6.45, 7) is 3.15. The molecule has 0 spiro atoms. The third-order valence-corrected chi connectivity index (χ3v) is 3.90. The number of hydrogen-bond donors (Lipinski definition) is 1. The second-order valence-electron chi connectivity index (χ2n) is 5.57. The van der Waals surface area contributed by atoms with E-state index >= 15 is 0 Å². The molecule has 1 aromatic heterocycles. The van der Waals surface area contributed by atoms with Crippen LogP contribution in [0.3, 0.4) is 0 Å². The van der Waals surface area contributed by atoms with Crippen LogP contribution < -0.4 is 4.74 Å². The highest BCUT2D eigenvalue weighted by molar-refractivity contribution is 5.90. The number of hydrogen-bond acceptors (Lipinski definition) is 3. The molecule has 0 amide bonds. The molecule has 0 unspecified atom stereocenters. The lowest BCUT2D eigenvalue weighted by Gasteiger charge is -2.12. The van der Waals surface area contributed by atoms with Gasteiger partial charge in [-0.1, -0.05) is 31.2 Å². The van der Waals surface area contributed by atoms with Crippen LogP contribution in [0.1, 0.15) is 29.5 Å². The molecule has 1 heterocycles. The minimum Gasteiger partial charge on any atom is -0.491 e. The Bertz CT molecular complexity index is 855. The van der Waals surface area contributed by atoms with Gasteiger partial charge in [0, 0.05) is 6.42 Å². The smallest absolute Gasteiger partial charge is 0.339 e. The van der Waals surface area contributed by atoms with Crippen LogP contribution in [0.2, 0.25) is 0 Å². The Balaban J connectivity index is 1.79. The molecule has 0 radical (unpaired) electrons. The second-order valence-corrected chi connectivity index (χ2v) is 5.57. The number of carbonyl (C=O) groups is 1. The van der Waals surface area contributed by atoms with E-state index in [2.05, 4.69) is 16.5 Å². The van der Waals surface area contributed by atoms with Crippen LogP contribution in [0.4, 0.5) is 0 Å². The maximum atomic E-state index is 11.2. The molecule has 3 rings (SSSR count). The minimum atomic E-state index is -0.981. The molecule has 0 bridgehead atoms. The van der Waals surface area contributed by atoms with Crippen molar-refractivity contribution in [3.8, 4) is 5.75 Å². The normalized spacial score (nSPS) is 10.9. The number of para-hydroxylation sites is 3. The first-order valence-corrected chi connectivity index (χ1v) is 8.10. The minimum absolute atomic E-state index is 0.182. The molecule has 0 aliphatic carbocycles. The van der Waals surface area contributed by atoms with Crippen molar-refractivity contribution in [1.82, 2.24) is 9.55 Å². The zero-order chi connectivity index (χ0) is 16.9. The van der Waals surface area contributed by atoms with Crippen LogP contribution in [-0.2, 0) is 13.0 Å². The Morgan fingerprint density at radius 3 is 2.71 bits per heavy atom. The number of carboxylic acid groups (broad SMARTS) is 1. The average Bonchev–Trinajstić information content (AvgIpc) is 2.93. The highest BCUT2D eigenvalue weighted by Gasteiger charge is 2.12. The molecule has 0 saturated carbocycles. The molecule has 0 atom stereocenters. The quantitative estimate of drug-likeness (QED) is 0.718. The number of ether oxygens (including phenoxy) is 1. The van der Waals surface area contributed by atoms with E-state index in [1.807, 2.05) is 24.3 Å². The van der Waals surface area contributed by atoms with E-state index in [0.717, 1.165) is 29.7 Å². The van der Waals surface area contributed by atoms with Gasteiger partial charge in [0.15, 0.2) is 0 Å². The molecule has 3 aromatic rings. The van der Waals surface area contributed by atoms with Gasteiger partial charge in [0.2, 0.25) is 0 Å². The molecule has 124 valence electrons. The zero-order valence-electron chi connectivity index (χ0n) is 13.6. The van der Waals surface area contributed by atoms with Crippen molar-refractivity contribution in [2.75, 3.05) is 6.61 Å². The van der Waals surface area contributed by atoms with Gasteiger partial charge in [-0.25, -0.2) is 9.78 Å². The number of carboxylic acids is 1. The molecule has 2 aromatic carbocycles. The third-order valence-electron chi connectivity index (χ3n) is 3.90. The van der Waals surface area contributed by atoms with Crippen molar-refractivity contribution < 1.29 is 14.6 Å². The molecule has 24 heavy (non-hydrogen) atoms. The number of aromatic nitrogens is 2. The van der Waals surface area contributed by atoms with E-state index < -0.39 is 5.97 Å². The fourth-order valence-electron chi connectivity index (χ4n) is 2.81. The predicted octanol–water partition coefficient (Wildman–Crippen LogP) is 3.77. The predicted molar refractivity (Wildman–Crippen MR) is 92.6 cm³/mol. The Hall–Kier alpha value is -2.82. The van der Waals surface area contributed by atoms with E-state index in [-0.39, 0.29) is 5.56 Å². The summed E-state index contributed by atoms with van der Waals surface area (Å²) in [5.41, 5.74) is 2.24. The van der Waals surface area contributed by atoms with Crippen LogP contribution in [0, 0.1) is 0 Å².